The van der Waals surface area contributed by atoms with Crippen molar-refractivity contribution in [2.24, 2.45) is 0 Å². The van der Waals surface area contributed by atoms with E-state index in [1.54, 1.807) is 24.5 Å². The lowest BCUT2D eigenvalue weighted by Gasteiger charge is -2.09. The highest BCUT2D eigenvalue weighted by atomic mass is 17.2. The summed E-state index contributed by atoms with van der Waals surface area (Å²) in [6.07, 6.45) is 8.43. The van der Waals surface area contributed by atoms with Crippen molar-refractivity contribution in [1.82, 2.24) is 0 Å². The molecule has 1 aliphatic rings. The Hall–Kier alpha value is -2.23. The third-order valence-corrected chi connectivity index (χ3v) is 1.67. The number of hydrogen-bond acceptors (Lipinski definition) is 2. The molecule has 0 unspecified atom stereocenters. The van der Waals surface area contributed by atoms with Gasteiger partial charge in [0.15, 0.2) is 11.9 Å². The van der Waals surface area contributed by atoms with E-state index in [0.29, 0.717) is 5.75 Å². The molecule has 0 fully saturated rings. The second-order valence-electron chi connectivity index (χ2n) is 2.78. The summed E-state index contributed by atoms with van der Waals surface area (Å²) in [6, 6.07) is 9.25. The van der Waals surface area contributed by atoms with Gasteiger partial charge in [-0.25, -0.2) is 9.57 Å². The van der Waals surface area contributed by atoms with Gasteiger partial charge in [-0.15, -0.1) is 6.20 Å². The number of nitrogens with zero attached hydrogens (tertiary/aromatic N) is 2. The van der Waals surface area contributed by atoms with E-state index in [0.717, 1.165) is 0 Å². The van der Waals surface area contributed by atoms with E-state index in [9.17, 15) is 0 Å². The van der Waals surface area contributed by atoms with Gasteiger partial charge in [0, 0.05) is 6.08 Å². The lowest BCUT2D eigenvalue weighted by molar-refractivity contribution is -0.412. The van der Waals surface area contributed by atoms with Crippen LogP contribution in [-0.4, -0.2) is 11.1 Å². The molecule has 0 aromatic heterocycles. The number of hydrogen-bond donors (Lipinski definition) is 0. The first kappa shape index (κ1) is 9.33. The minimum Gasteiger partial charge on any atom is -0.410 e. The van der Waals surface area contributed by atoms with Gasteiger partial charge in [0.05, 0.1) is 0 Å². The van der Waals surface area contributed by atoms with Crippen LogP contribution in [0, 0.1) is 0 Å². The van der Waals surface area contributed by atoms with Crippen molar-refractivity contribution in [3.63, 3.8) is 0 Å². The Morgan fingerprint density at radius 2 is 2.00 bits per heavy atom. The van der Waals surface area contributed by atoms with Gasteiger partial charge in [-0.3, -0.25) is 4.89 Å². The first-order valence-corrected chi connectivity index (χ1v) is 4.49. The van der Waals surface area contributed by atoms with Gasteiger partial charge in [-0.05, 0) is 12.1 Å². The highest BCUT2D eigenvalue weighted by Gasteiger charge is 1.93. The average Bonchev–Trinajstić information content (AvgIpc) is 2.32. The molecule has 4 heteroatoms. The van der Waals surface area contributed by atoms with Crippen molar-refractivity contribution in [3.8, 4) is 5.75 Å². The molecule has 1 aromatic rings. The molecule has 0 saturated carbocycles. The first-order chi connectivity index (χ1) is 7.45. The molecule has 0 atom stereocenters. The highest BCUT2D eigenvalue weighted by Crippen LogP contribution is 2.08. The number of benzene rings is 1. The lowest BCUT2D eigenvalue weighted by atomic mass is 10.3. The summed E-state index contributed by atoms with van der Waals surface area (Å²) in [5.74, 6) is 0.644. The largest absolute Gasteiger partial charge is 0.410 e. The van der Waals surface area contributed by atoms with Gasteiger partial charge >= 0.3 is 6.40 Å². The Kier molecular flexibility index (Phi) is 3.02. The number of allylic oxidation sites excluding steroid dienone is 2. The van der Waals surface area contributed by atoms with Crippen LogP contribution in [0.5, 0.6) is 5.75 Å². The van der Waals surface area contributed by atoms with E-state index in [2.05, 4.69) is 5.43 Å². The molecular formula is C11H10N2O2. The minimum absolute atomic E-state index is 0.644. The van der Waals surface area contributed by atoms with Crippen LogP contribution in [0.3, 0.4) is 0 Å². The summed E-state index contributed by atoms with van der Waals surface area (Å²) in [7, 11) is 0. The van der Waals surface area contributed by atoms with Crippen molar-refractivity contribution in [2.75, 3.05) is 0 Å². The van der Waals surface area contributed by atoms with Gasteiger partial charge in [0.25, 0.3) is 0 Å². The number of rotatable bonds is 3. The van der Waals surface area contributed by atoms with E-state index in [1.165, 1.54) is 11.1 Å². The normalized spacial score (nSPS) is 16.1. The molecule has 0 amide bonds. The smallest absolute Gasteiger partial charge is 0.370 e. The van der Waals surface area contributed by atoms with E-state index in [4.69, 9.17) is 9.78 Å². The van der Waals surface area contributed by atoms with Crippen LogP contribution < -0.4 is 4.89 Å². The Morgan fingerprint density at radius 1 is 1.13 bits per heavy atom. The lowest BCUT2D eigenvalue weighted by Crippen LogP contribution is -2.05. The zero-order valence-corrected chi connectivity index (χ0v) is 7.98. The Labute approximate surface area is 87.7 Å². The average molecular weight is 202 g/mol. The third-order valence-electron chi connectivity index (χ3n) is 1.67. The van der Waals surface area contributed by atoms with E-state index in [-0.39, 0.29) is 0 Å². The molecular weight excluding hydrogens is 192 g/mol. The highest BCUT2D eigenvalue weighted by molar-refractivity contribution is 5.40. The fourth-order valence-electron chi connectivity index (χ4n) is 1.00. The maximum absolute atomic E-state index is 4.99. The quantitative estimate of drug-likeness (QED) is 0.326. The molecule has 4 nitrogen and oxygen atoms in total. The van der Waals surface area contributed by atoms with Gasteiger partial charge in [0.1, 0.15) is 0 Å². The topological polar surface area (TPSA) is 35.6 Å². The Balaban J connectivity index is 1.84. The summed E-state index contributed by atoms with van der Waals surface area (Å²) in [5.41, 5.74) is 3.97. The van der Waals surface area contributed by atoms with Crippen LogP contribution in [-0.2, 0) is 4.89 Å². The first-order valence-electron chi connectivity index (χ1n) is 4.49. The van der Waals surface area contributed by atoms with Crippen molar-refractivity contribution in [1.29, 1.82) is 0 Å². The van der Waals surface area contributed by atoms with Crippen molar-refractivity contribution < 1.29 is 14.5 Å². The molecule has 1 aromatic carbocycles. The monoisotopic (exact) mass is 202 g/mol. The summed E-state index contributed by atoms with van der Waals surface area (Å²) in [4.78, 5) is 9.87. The standard InChI is InChI=1S/C11H10N2O2/c1-2-6-11(7-3-1)15-14-10-13-9-5-4-8-12-13/h1-10H/b13-10-. The maximum atomic E-state index is 4.99. The zero-order valence-electron chi connectivity index (χ0n) is 7.98. The number of para-hydroxylation sites is 1. The fourth-order valence-corrected chi connectivity index (χ4v) is 1.00. The van der Waals surface area contributed by atoms with Crippen LogP contribution in [0.15, 0.2) is 54.9 Å². The predicted octanol–water partition coefficient (Wildman–Crippen LogP) is 2.37. The SMILES string of the molecule is C1=C[N-]/[N+](=C\OOc2ccccc2)C=C1. The van der Waals surface area contributed by atoms with Crippen LogP contribution in [0.25, 0.3) is 5.43 Å². The zero-order chi connectivity index (χ0) is 10.3. The second kappa shape index (κ2) is 4.85. The van der Waals surface area contributed by atoms with Gasteiger partial charge in [-0.1, -0.05) is 24.3 Å². The molecule has 2 rings (SSSR count). The maximum Gasteiger partial charge on any atom is 0.370 e. The van der Waals surface area contributed by atoms with Crippen LogP contribution in [0.4, 0.5) is 0 Å². The summed E-state index contributed by atoms with van der Waals surface area (Å²) >= 11 is 0. The van der Waals surface area contributed by atoms with Crippen LogP contribution in [0.2, 0.25) is 0 Å². The minimum atomic E-state index is 0.644. The molecule has 0 N–H and O–H groups in total. The van der Waals surface area contributed by atoms with Crippen LogP contribution in [0.1, 0.15) is 0 Å². The van der Waals surface area contributed by atoms with Crippen molar-refractivity contribution in [3.05, 3.63) is 60.3 Å². The summed E-state index contributed by atoms with van der Waals surface area (Å²) in [5, 5.41) is 0. The molecule has 1 heterocycles. The van der Waals surface area contributed by atoms with Crippen LogP contribution >= 0.6 is 0 Å². The van der Waals surface area contributed by atoms with E-state index in [1.807, 2.05) is 30.4 Å². The molecule has 76 valence electrons. The summed E-state index contributed by atoms with van der Waals surface area (Å²) in [6.45, 7) is 0. The third kappa shape index (κ3) is 2.87. The molecule has 0 saturated heterocycles. The molecule has 0 spiro atoms. The van der Waals surface area contributed by atoms with Crippen molar-refractivity contribution >= 4 is 6.40 Å². The predicted molar refractivity (Wildman–Crippen MR) is 56.1 cm³/mol. The molecule has 1 aliphatic heterocycles. The fraction of sp³-hybridized carbons (Fsp3) is 0. The Morgan fingerprint density at radius 3 is 2.73 bits per heavy atom. The van der Waals surface area contributed by atoms with Gasteiger partial charge in [0.2, 0.25) is 0 Å². The molecule has 0 radical (unpaired) electrons. The summed E-state index contributed by atoms with van der Waals surface area (Å²) < 4.78 is 1.50. The van der Waals surface area contributed by atoms with E-state index < -0.39 is 0 Å². The van der Waals surface area contributed by atoms with Crippen molar-refractivity contribution in [2.45, 2.75) is 0 Å². The molecule has 0 aliphatic carbocycles. The van der Waals surface area contributed by atoms with E-state index >= 15 is 0 Å². The molecule has 0 bridgehead atoms. The Bertz CT molecular complexity index is 396. The molecule has 15 heavy (non-hydrogen) atoms. The second-order valence-corrected chi connectivity index (χ2v) is 2.78. The van der Waals surface area contributed by atoms with Gasteiger partial charge < -0.3 is 5.43 Å². The van der Waals surface area contributed by atoms with Gasteiger partial charge in [-0.2, -0.15) is 0 Å².